The Morgan fingerprint density at radius 3 is 2.67 bits per heavy atom. The summed E-state index contributed by atoms with van der Waals surface area (Å²) in [6.07, 6.45) is 3.13. The van der Waals surface area contributed by atoms with Crippen LogP contribution < -0.4 is 5.32 Å². The van der Waals surface area contributed by atoms with Crippen molar-refractivity contribution in [1.82, 2.24) is 29.7 Å². The van der Waals surface area contributed by atoms with Gasteiger partial charge in [-0.25, -0.2) is 9.50 Å². The number of carbonyl (C=O) groups is 1. The van der Waals surface area contributed by atoms with Crippen molar-refractivity contribution >= 4 is 17.4 Å². The number of amides is 1. The summed E-state index contributed by atoms with van der Waals surface area (Å²) < 4.78 is 3.13. The Hall–Kier alpha value is -4.08. The van der Waals surface area contributed by atoms with Gasteiger partial charge in [-0.2, -0.15) is 9.78 Å². The van der Waals surface area contributed by atoms with E-state index >= 15 is 0 Å². The predicted octanol–water partition coefficient (Wildman–Crippen LogP) is 2.55. The van der Waals surface area contributed by atoms with Gasteiger partial charge >= 0.3 is 5.82 Å². The zero-order valence-electron chi connectivity index (χ0n) is 16.4. The van der Waals surface area contributed by atoms with Crippen molar-refractivity contribution in [2.75, 3.05) is 6.54 Å². The standard InChI is InChI=1S/C20H19N7O3/c1-13-3-5-15(6-4-13)17-7-8-21-19-16(12-23-26(17)19)20(28)22-9-10-25-14(2)11-18(24-25)27(29)30/h3-8,11-12H,9-10H2,1-2H3,(H,22,28). The molecular formula is C20H19N7O3. The number of nitrogens with zero attached hydrogens (tertiary/aromatic N) is 6. The van der Waals surface area contributed by atoms with E-state index in [4.69, 9.17) is 0 Å². The number of fused-ring (bicyclic) bond motifs is 1. The smallest absolute Gasteiger partial charge is 0.358 e. The molecule has 0 aliphatic carbocycles. The molecule has 0 saturated heterocycles. The van der Waals surface area contributed by atoms with Crippen LogP contribution in [0.5, 0.6) is 0 Å². The zero-order valence-corrected chi connectivity index (χ0v) is 16.4. The number of aryl methyl sites for hydroxylation is 2. The van der Waals surface area contributed by atoms with Crippen LogP contribution in [0, 0.1) is 24.0 Å². The van der Waals surface area contributed by atoms with Crippen LogP contribution in [-0.4, -0.2) is 41.8 Å². The number of hydrogen-bond donors (Lipinski definition) is 1. The lowest BCUT2D eigenvalue weighted by atomic mass is 10.1. The Morgan fingerprint density at radius 2 is 1.97 bits per heavy atom. The van der Waals surface area contributed by atoms with Crippen LogP contribution >= 0.6 is 0 Å². The summed E-state index contributed by atoms with van der Waals surface area (Å²) in [6.45, 7) is 4.31. The van der Waals surface area contributed by atoms with E-state index in [-0.39, 0.29) is 18.3 Å². The lowest BCUT2D eigenvalue weighted by Gasteiger charge is -2.06. The Labute approximate surface area is 171 Å². The van der Waals surface area contributed by atoms with Gasteiger partial charge in [0.25, 0.3) is 5.91 Å². The van der Waals surface area contributed by atoms with Gasteiger partial charge in [-0.3, -0.25) is 4.79 Å². The molecule has 3 aromatic heterocycles. The van der Waals surface area contributed by atoms with E-state index in [0.717, 1.165) is 16.8 Å². The lowest BCUT2D eigenvalue weighted by molar-refractivity contribution is -0.389. The van der Waals surface area contributed by atoms with Gasteiger partial charge in [-0.15, -0.1) is 0 Å². The van der Waals surface area contributed by atoms with Gasteiger partial charge in [-0.05, 0) is 24.8 Å². The second kappa shape index (κ2) is 7.74. The van der Waals surface area contributed by atoms with E-state index in [2.05, 4.69) is 20.5 Å². The molecule has 4 rings (SSSR count). The fourth-order valence-corrected chi connectivity index (χ4v) is 3.17. The van der Waals surface area contributed by atoms with Gasteiger partial charge in [0.2, 0.25) is 0 Å². The first kappa shape index (κ1) is 19.2. The fraction of sp³-hybridized carbons (Fsp3) is 0.200. The van der Waals surface area contributed by atoms with Gasteiger partial charge in [0, 0.05) is 18.3 Å². The monoisotopic (exact) mass is 405 g/mol. The van der Waals surface area contributed by atoms with E-state index < -0.39 is 4.92 Å². The van der Waals surface area contributed by atoms with Crippen LogP contribution in [0.3, 0.4) is 0 Å². The highest BCUT2D eigenvalue weighted by atomic mass is 16.6. The summed E-state index contributed by atoms with van der Waals surface area (Å²) in [7, 11) is 0. The van der Waals surface area contributed by atoms with E-state index in [9.17, 15) is 14.9 Å². The topological polar surface area (TPSA) is 120 Å². The van der Waals surface area contributed by atoms with Crippen molar-refractivity contribution in [2.45, 2.75) is 20.4 Å². The zero-order chi connectivity index (χ0) is 21.3. The summed E-state index contributed by atoms with van der Waals surface area (Å²) in [5.74, 6) is -0.535. The summed E-state index contributed by atoms with van der Waals surface area (Å²) in [5, 5.41) is 21.9. The predicted molar refractivity (Wildman–Crippen MR) is 109 cm³/mol. The average Bonchev–Trinajstić information content (AvgIpc) is 3.32. The fourth-order valence-electron chi connectivity index (χ4n) is 3.17. The molecule has 1 N–H and O–H groups in total. The van der Waals surface area contributed by atoms with Crippen molar-refractivity contribution in [3.63, 3.8) is 0 Å². The van der Waals surface area contributed by atoms with Crippen LogP contribution in [0.1, 0.15) is 21.6 Å². The highest BCUT2D eigenvalue weighted by Gasteiger charge is 2.18. The summed E-state index contributed by atoms with van der Waals surface area (Å²) in [5.41, 5.74) is 4.42. The van der Waals surface area contributed by atoms with Gasteiger partial charge < -0.3 is 15.4 Å². The third-order valence-corrected chi connectivity index (χ3v) is 4.76. The van der Waals surface area contributed by atoms with Crippen LogP contribution in [0.4, 0.5) is 5.82 Å². The molecule has 1 amide bonds. The van der Waals surface area contributed by atoms with Crippen molar-refractivity contribution < 1.29 is 9.72 Å². The van der Waals surface area contributed by atoms with E-state index in [0.29, 0.717) is 23.4 Å². The third kappa shape index (κ3) is 3.62. The molecule has 0 atom stereocenters. The molecule has 10 heteroatoms. The molecule has 0 unspecified atom stereocenters. The number of rotatable bonds is 6. The molecule has 4 aromatic rings. The largest absolute Gasteiger partial charge is 0.390 e. The Kier molecular flexibility index (Phi) is 4.97. The minimum Gasteiger partial charge on any atom is -0.358 e. The number of nitrogens with one attached hydrogen (secondary N) is 1. The molecule has 0 radical (unpaired) electrons. The van der Waals surface area contributed by atoms with E-state index in [1.807, 2.05) is 37.3 Å². The van der Waals surface area contributed by atoms with Crippen LogP contribution in [0.2, 0.25) is 0 Å². The maximum Gasteiger partial charge on any atom is 0.390 e. The van der Waals surface area contributed by atoms with Crippen LogP contribution in [0.15, 0.2) is 48.8 Å². The quantitative estimate of drug-likeness (QED) is 0.389. The molecule has 0 aliphatic heterocycles. The molecule has 0 bridgehead atoms. The molecule has 0 saturated carbocycles. The second-order valence-electron chi connectivity index (χ2n) is 6.87. The van der Waals surface area contributed by atoms with Gasteiger partial charge in [0.05, 0.1) is 35.3 Å². The highest BCUT2D eigenvalue weighted by molar-refractivity contribution is 5.99. The van der Waals surface area contributed by atoms with Crippen molar-refractivity contribution in [3.05, 3.63) is 75.7 Å². The molecule has 0 spiro atoms. The summed E-state index contributed by atoms with van der Waals surface area (Å²) in [4.78, 5) is 27.3. The van der Waals surface area contributed by atoms with Gasteiger partial charge in [0.1, 0.15) is 5.56 Å². The van der Waals surface area contributed by atoms with Crippen molar-refractivity contribution in [1.29, 1.82) is 0 Å². The molecule has 1 aromatic carbocycles. The maximum atomic E-state index is 12.7. The summed E-state index contributed by atoms with van der Waals surface area (Å²) >= 11 is 0. The molecule has 152 valence electrons. The molecular weight excluding hydrogens is 386 g/mol. The molecule has 0 fully saturated rings. The minimum atomic E-state index is -0.543. The SMILES string of the molecule is Cc1ccc(-c2ccnc3c(C(=O)NCCn4nc([N+](=O)[O-])cc4C)cnn23)cc1. The van der Waals surface area contributed by atoms with Crippen molar-refractivity contribution in [3.8, 4) is 11.3 Å². The molecule has 30 heavy (non-hydrogen) atoms. The Morgan fingerprint density at radius 1 is 1.20 bits per heavy atom. The highest BCUT2D eigenvalue weighted by Crippen LogP contribution is 2.21. The maximum absolute atomic E-state index is 12.7. The number of aromatic nitrogens is 5. The number of benzene rings is 1. The van der Waals surface area contributed by atoms with Crippen LogP contribution in [0.25, 0.3) is 16.9 Å². The molecule has 10 nitrogen and oxygen atoms in total. The van der Waals surface area contributed by atoms with E-state index in [1.54, 1.807) is 17.6 Å². The van der Waals surface area contributed by atoms with Crippen LogP contribution in [-0.2, 0) is 6.54 Å². The second-order valence-corrected chi connectivity index (χ2v) is 6.87. The average molecular weight is 405 g/mol. The third-order valence-electron chi connectivity index (χ3n) is 4.76. The van der Waals surface area contributed by atoms with Gasteiger partial charge in [0.15, 0.2) is 5.65 Å². The Bertz CT molecular complexity index is 1240. The Balaban J connectivity index is 1.51. The van der Waals surface area contributed by atoms with Gasteiger partial charge in [-0.1, -0.05) is 29.8 Å². The lowest BCUT2D eigenvalue weighted by Crippen LogP contribution is -2.27. The normalized spacial score (nSPS) is 11.0. The molecule has 3 heterocycles. The molecule has 0 aliphatic rings. The van der Waals surface area contributed by atoms with Crippen molar-refractivity contribution in [2.24, 2.45) is 0 Å². The first-order valence-corrected chi connectivity index (χ1v) is 9.31. The minimum absolute atomic E-state index is 0.214. The first-order valence-electron chi connectivity index (χ1n) is 9.31. The summed E-state index contributed by atoms with van der Waals surface area (Å²) in [6, 6.07) is 11.3. The number of nitro groups is 1. The number of hydrogen-bond acceptors (Lipinski definition) is 6. The first-order chi connectivity index (χ1) is 14.4. The number of carbonyl (C=O) groups excluding carboxylic acids is 1. The van der Waals surface area contributed by atoms with E-state index in [1.165, 1.54) is 16.9 Å².